The molecule has 41 heavy (non-hydrogen) atoms. The van der Waals surface area contributed by atoms with E-state index in [0.29, 0.717) is 23.6 Å². The van der Waals surface area contributed by atoms with Crippen LogP contribution in [0.1, 0.15) is 67.6 Å². The van der Waals surface area contributed by atoms with Crippen LogP contribution in [-0.4, -0.2) is 15.5 Å². The molecule has 0 aliphatic heterocycles. The SMILES string of the molecule is CC.Cn1ccnc1CN(C(=O)[C@H]1C[C@@H]1c1ccccc1F)c1ccc2c(c1)C(NSc1cccc(Cl)c1)CCC2. The van der Waals surface area contributed by atoms with Gasteiger partial charge in [0.2, 0.25) is 5.91 Å². The first kappa shape index (κ1) is 29.4. The predicted octanol–water partition coefficient (Wildman–Crippen LogP) is 8.25. The number of nitrogens with one attached hydrogen (secondary N) is 1. The summed E-state index contributed by atoms with van der Waals surface area (Å²) in [5.41, 5.74) is 3.99. The van der Waals surface area contributed by atoms with E-state index in [1.54, 1.807) is 30.3 Å². The Labute approximate surface area is 251 Å². The van der Waals surface area contributed by atoms with E-state index in [1.807, 2.05) is 73.0 Å². The minimum absolute atomic E-state index is 0.0137. The highest BCUT2D eigenvalue weighted by Crippen LogP contribution is 2.50. The fourth-order valence-corrected chi connectivity index (χ4v) is 6.63. The maximum absolute atomic E-state index is 14.5. The maximum Gasteiger partial charge on any atom is 0.231 e. The molecule has 214 valence electrons. The second-order valence-corrected chi connectivity index (χ2v) is 11.7. The average molecular weight is 591 g/mol. The van der Waals surface area contributed by atoms with Crippen molar-refractivity contribution in [3.8, 4) is 0 Å². The number of benzene rings is 3. The Balaban J connectivity index is 0.00000165. The molecular weight excluding hydrogens is 555 g/mol. The average Bonchev–Trinajstić information content (AvgIpc) is 3.69. The number of carbonyl (C=O) groups excluding carboxylic acids is 1. The molecule has 1 unspecified atom stereocenters. The molecule has 4 aromatic rings. The molecular formula is C33H36ClFN4OS. The Morgan fingerprint density at radius 2 is 1.95 bits per heavy atom. The van der Waals surface area contributed by atoms with Gasteiger partial charge < -0.3 is 9.47 Å². The largest absolute Gasteiger partial charge is 0.337 e. The van der Waals surface area contributed by atoms with Crippen LogP contribution in [0.2, 0.25) is 5.02 Å². The van der Waals surface area contributed by atoms with Crippen LogP contribution in [0.4, 0.5) is 10.1 Å². The second kappa shape index (κ2) is 13.2. The molecule has 1 aromatic heterocycles. The van der Waals surface area contributed by atoms with Gasteiger partial charge in [-0.05, 0) is 96.6 Å². The maximum atomic E-state index is 14.5. The summed E-state index contributed by atoms with van der Waals surface area (Å²) in [6.07, 6.45) is 7.41. The van der Waals surface area contributed by atoms with Crippen LogP contribution in [0.15, 0.2) is 84.0 Å². The van der Waals surface area contributed by atoms with E-state index in [9.17, 15) is 9.18 Å². The smallest absolute Gasteiger partial charge is 0.231 e. The van der Waals surface area contributed by atoms with Crippen LogP contribution in [-0.2, 0) is 24.8 Å². The zero-order valence-corrected chi connectivity index (χ0v) is 25.3. The number of aryl methyl sites for hydroxylation is 2. The van der Waals surface area contributed by atoms with E-state index < -0.39 is 0 Å². The molecule has 1 N–H and O–H groups in total. The lowest BCUT2D eigenvalue weighted by atomic mass is 9.87. The molecule has 1 saturated carbocycles. The van der Waals surface area contributed by atoms with Gasteiger partial charge in [0.1, 0.15) is 11.6 Å². The number of aromatic nitrogens is 2. The number of hydrogen-bond acceptors (Lipinski definition) is 4. The number of amides is 1. The van der Waals surface area contributed by atoms with E-state index >= 15 is 0 Å². The van der Waals surface area contributed by atoms with Gasteiger partial charge in [-0.25, -0.2) is 9.37 Å². The van der Waals surface area contributed by atoms with Crippen molar-refractivity contribution in [3.63, 3.8) is 0 Å². The van der Waals surface area contributed by atoms with Crippen molar-refractivity contribution in [1.82, 2.24) is 14.3 Å². The van der Waals surface area contributed by atoms with Crippen LogP contribution in [0.5, 0.6) is 0 Å². The summed E-state index contributed by atoms with van der Waals surface area (Å²) in [6, 6.07) is 21.1. The quantitative estimate of drug-likeness (QED) is 0.210. The first-order chi connectivity index (χ1) is 20.0. The van der Waals surface area contributed by atoms with Crippen LogP contribution in [0.3, 0.4) is 0 Å². The zero-order chi connectivity index (χ0) is 28.9. The molecule has 3 atom stereocenters. The van der Waals surface area contributed by atoms with Crippen molar-refractivity contribution in [3.05, 3.63) is 112 Å². The number of imidazole rings is 1. The lowest BCUT2D eigenvalue weighted by Gasteiger charge is -2.29. The third kappa shape index (κ3) is 6.69. The number of nitrogens with zero attached hydrogens (tertiary/aromatic N) is 3. The highest BCUT2D eigenvalue weighted by molar-refractivity contribution is 7.97. The Morgan fingerprint density at radius 1 is 1.12 bits per heavy atom. The predicted molar refractivity (Wildman–Crippen MR) is 166 cm³/mol. The Hall–Kier alpha value is -3.13. The number of halogens is 2. The zero-order valence-electron chi connectivity index (χ0n) is 23.7. The van der Waals surface area contributed by atoms with Gasteiger partial charge in [0.15, 0.2) is 0 Å². The van der Waals surface area contributed by atoms with E-state index in [0.717, 1.165) is 35.7 Å². The molecule has 0 spiro atoms. The van der Waals surface area contributed by atoms with E-state index in [1.165, 1.54) is 17.2 Å². The first-order valence-corrected chi connectivity index (χ1v) is 15.5. The molecule has 0 radical (unpaired) electrons. The van der Waals surface area contributed by atoms with Crippen molar-refractivity contribution in [2.75, 3.05) is 4.90 Å². The minimum atomic E-state index is -0.245. The summed E-state index contributed by atoms with van der Waals surface area (Å²) >= 11 is 7.77. The lowest BCUT2D eigenvalue weighted by molar-refractivity contribution is -0.120. The molecule has 0 bridgehead atoms. The monoisotopic (exact) mass is 590 g/mol. The Kier molecular flexibility index (Phi) is 9.48. The second-order valence-electron chi connectivity index (χ2n) is 10.4. The number of rotatable bonds is 8. The van der Waals surface area contributed by atoms with Crippen molar-refractivity contribution >= 4 is 35.1 Å². The molecule has 3 aromatic carbocycles. The van der Waals surface area contributed by atoms with E-state index in [4.69, 9.17) is 11.6 Å². The summed E-state index contributed by atoms with van der Waals surface area (Å²) in [5.74, 6) is 0.234. The minimum Gasteiger partial charge on any atom is -0.337 e. The molecule has 0 saturated heterocycles. The van der Waals surface area contributed by atoms with Crippen molar-refractivity contribution in [1.29, 1.82) is 0 Å². The molecule has 1 amide bonds. The van der Waals surface area contributed by atoms with Crippen molar-refractivity contribution in [2.45, 2.75) is 62.9 Å². The number of anilines is 1. The molecule has 5 nitrogen and oxygen atoms in total. The molecule has 1 fully saturated rings. The third-order valence-electron chi connectivity index (χ3n) is 7.77. The Bertz CT molecular complexity index is 1510. The van der Waals surface area contributed by atoms with E-state index in [-0.39, 0.29) is 29.6 Å². The van der Waals surface area contributed by atoms with Gasteiger partial charge in [0, 0.05) is 47.0 Å². The first-order valence-electron chi connectivity index (χ1n) is 14.3. The molecule has 2 aliphatic rings. The summed E-state index contributed by atoms with van der Waals surface area (Å²) in [6.45, 7) is 4.36. The van der Waals surface area contributed by atoms with Gasteiger partial charge in [-0.15, -0.1) is 0 Å². The summed E-state index contributed by atoms with van der Waals surface area (Å²) in [5, 5.41) is 0.713. The Morgan fingerprint density at radius 3 is 2.71 bits per heavy atom. The van der Waals surface area contributed by atoms with Gasteiger partial charge in [-0.3, -0.25) is 9.52 Å². The fraction of sp³-hybridized carbons (Fsp3) is 0.333. The van der Waals surface area contributed by atoms with Crippen LogP contribution in [0, 0.1) is 11.7 Å². The van der Waals surface area contributed by atoms with Gasteiger partial charge in [-0.2, -0.15) is 0 Å². The van der Waals surface area contributed by atoms with E-state index in [2.05, 4.69) is 21.8 Å². The standard InChI is InChI=1S/C31H30ClFN4OS.C2H6/c1-36-15-14-34-30(36)19-37(31(38)27-18-26(27)24-9-2-3-10-28(24)33)22-13-12-20-6-4-11-29(25(20)17-22)35-39-23-8-5-7-21(32)16-23;1-2/h2-3,5,7-10,12-17,26-27,29,35H,4,6,11,18-19H2,1H3;1-2H3/t26-,27+,29?;/m1./s1. The number of fused-ring (bicyclic) bond motifs is 1. The summed E-state index contributed by atoms with van der Waals surface area (Å²) < 4.78 is 20.1. The third-order valence-corrected chi connectivity index (χ3v) is 8.90. The summed E-state index contributed by atoms with van der Waals surface area (Å²) in [4.78, 5) is 21.4. The normalized spacial score (nSPS) is 19.1. The lowest BCUT2D eigenvalue weighted by Crippen LogP contribution is -2.33. The molecule has 2 aliphatic carbocycles. The van der Waals surface area contributed by atoms with Crippen LogP contribution >= 0.6 is 23.5 Å². The van der Waals surface area contributed by atoms with Crippen LogP contribution in [0.25, 0.3) is 0 Å². The topological polar surface area (TPSA) is 50.2 Å². The van der Waals surface area contributed by atoms with Gasteiger partial charge in [0.25, 0.3) is 0 Å². The van der Waals surface area contributed by atoms with Crippen LogP contribution < -0.4 is 9.62 Å². The van der Waals surface area contributed by atoms with Gasteiger partial charge >= 0.3 is 0 Å². The number of hydrogen-bond donors (Lipinski definition) is 1. The van der Waals surface area contributed by atoms with Gasteiger partial charge in [-0.1, -0.05) is 55.8 Å². The van der Waals surface area contributed by atoms with Crippen molar-refractivity contribution in [2.24, 2.45) is 13.0 Å². The molecule has 8 heteroatoms. The van der Waals surface area contributed by atoms with Crippen molar-refractivity contribution < 1.29 is 9.18 Å². The summed E-state index contributed by atoms with van der Waals surface area (Å²) in [7, 11) is 1.93. The highest BCUT2D eigenvalue weighted by Gasteiger charge is 2.47. The fourth-order valence-electron chi connectivity index (χ4n) is 5.52. The van der Waals surface area contributed by atoms with Gasteiger partial charge in [0.05, 0.1) is 6.54 Å². The number of carbonyl (C=O) groups is 1. The molecule has 1 heterocycles. The highest BCUT2D eigenvalue weighted by atomic mass is 35.5. The molecule has 6 rings (SSSR count).